The summed E-state index contributed by atoms with van der Waals surface area (Å²) in [6.45, 7) is 1.08. The van der Waals surface area contributed by atoms with E-state index in [9.17, 15) is 14.4 Å². The van der Waals surface area contributed by atoms with Crippen LogP contribution in [-0.4, -0.2) is 42.9 Å². The van der Waals surface area contributed by atoms with Crippen molar-refractivity contribution in [2.75, 3.05) is 20.2 Å². The zero-order valence-electron chi connectivity index (χ0n) is 16.5. The van der Waals surface area contributed by atoms with Crippen LogP contribution in [0.4, 0.5) is 0 Å². The van der Waals surface area contributed by atoms with Gasteiger partial charge in [-0.1, -0.05) is 36.4 Å². The molecule has 0 saturated carbocycles. The van der Waals surface area contributed by atoms with Crippen LogP contribution in [0.3, 0.4) is 0 Å². The van der Waals surface area contributed by atoms with E-state index in [1.807, 2.05) is 47.8 Å². The van der Waals surface area contributed by atoms with E-state index in [0.717, 1.165) is 23.3 Å². The first-order chi connectivity index (χ1) is 14.1. The third-order valence-electron chi connectivity index (χ3n) is 5.14. The monoisotopic (exact) mass is 414 g/mol. The Balaban J connectivity index is 1.60. The second kappa shape index (κ2) is 10.2. The molecule has 0 spiro atoms. The zero-order chi connectivity index (χ0) is 20.6. The fourth-order valence-corrected chi connectivity index (χ4v) is 4.33. The van der Waals surface area contributed by atoms with Gasteiger partial charge in [0, 0.05) is 18.0 Å². The van der Waals surface area contributed by atoms with Crippen LogP contribution < -0.4 is 5.32 Å². The highest BCUT2D eigenvalue weighted by molar-refractivity contribution is 7.10. The number of hydrogen-bond donors (Lipinski definition) is 1. The van der Waals surface area contributed by atoms with E-state index in [1.165, 1.54) is 18.4 Å². The van der Waals surface area contributed by atoms with Crippen LogP contribution in [0.25, 0.3) is 0 Å². The number of hydrogen-bond acceptors (Lipinski definition) is 5. The minimum atomic E-state index is -0.412. The number of methoxy groups -OCH3 is 1. The van der Waals surface area contributed by atoms with Gasteiger partial charge in [0.1, 0.15) is 0 Å². The van der Waals surface area contributed by atoms with Crippen LogP contribution >= 0.6 is 11.3 Å². The summed E-state index contributed by atoms with van der Waals surface area (Å²) in [5.41, 5.74) is 0.972. The molecule has 1 saturated heterocycles. The van der Waals surface area contributed by atoms with E-state index < -0.39 is 6.04 Å². The molecule has 0 aliphatic carbocycles. The number of nitrogens with one attached hydrogen (secondary N) is 1. The number of benzene rings is 1. The molecule has 2 amide bonds. The van der Waals surface area contributed by atoms with Crippen molar-refractivity contribution >= 4 is 29.1 Å². The van der Waals surface area contributed by atoms with Crippen molar-refractivity contribution in [1.82, 2.24) is 10.2 Å². The predicted molar refractivity (Wildman–Crippen MR) is 111 cm³/mol. The van der Waals surface area contributed by atoms with Crippen LogP contribution in [0, 0.1) is 5.92 Å². The van der Waals surface area contributed by atoms with Gasteiger partial charge in [0.05, 0.1) is 31.9 Å². The summed E-state index contributed by atoms with van der Waals surface area (Å²) in [6.07, 6.45) is 1.96. The van der Waals surface area contributed by atoms with Gasteiger partial charge in [0.25, 0.3) is 0 Å². The molecule has 6 nitrogen and oxygen atoms in total. The minimum absolute atomic E-state index is 0.0399. The summed E-state index contributed by atoms with van der Waals surface area (Å²) in [5, 5.41) is 4.91. The number of carbonyl (C=O) groups excluding carboxylic acids is 3. The molecule has 1 aliphatic rings. The predicted octanol–water partition coefficient (Wildman–Crippen LogP) is 2.95. The number of amides is 2. The lowest BCUT2D eigenvalue weighted by Gasteiger charge is -2.33. The smallest absolute Gasteiger partial charge is 0.307 e. The highest BCUT2D eigenvalue weighted by Gasteiger charge is 2.30. The number of carbonyl (C=O) groups is 3. The first kappa shape index (κ1) is 21.0. The van der Waals surface area contributed by atoms with E-state index in [0.29, 0.717) is 19.5 Å². The molecule has 154 valence electrons. The van der Waals surface area contributed by atoms with Crippen LogP contribution in [0.5, 0.6) is 0 Å². The van der Waals surface area contributed by atoms with Gasteiger partial charge in [-0.05, 0) is 29.9 Å². The molecular formula is C22H26N2O4S. The lowest BCUT2D eigenvalue weighted by molar-refractivity contribution is -0.141. The molecule has 7 heteroatoms. The van der Waals surface area contributed by atoms with Crippen molar-refractivity contribution in [1.29, 1.82) is 0 Å². The molecule has 1 fully saturated rings. The Bertz CT molecular complexity index is 823. The Morgan fingerprint density at radius 3 is 2.69 bits per heavy atom. The van der Waals surface area contributed by atoms with Gasteiger partial charge < -0.3 is 15.0 Å². The molecular weight excluding hydrogens is 388 g/mol. The molecule has 1 aliphatic heterocycles. The number of piperidine rings is 1. The zero-order valence-corrected chi connectivity index (χ0v) is 17.3. The Kier molecular flexibility index (Phi) is 7.41. The van der Waals surface area contributed by atoms with Gasteiger partial charge in [-0.3, -0.25) is 14.4 Å². The maximum Gasteiger partial charge on any atom is 0.307 e. The number of esters is 1. The van der Waals surface area contributed by atoms with Crippen molar-refractivity contribution in [2.24, 2.45) is 5.92 Å². The van der Waals surface area contributed by atoms with Crippen molar-refractivity contribution in [2.45, 2.75) is 31.7 Å². The van der Waals surface area contributed by atoms with E-state index in [2.05, 4.69) is 5.32 Å². The van der Waals surface area contributed by atoms with E-state index in [-0.39, 0.29) is 30.1 Å². The second-order valence-electron chi connectivity index (χ2n) is 7.20. The molecule has 0 radical (unpaired) electrons. The van der Waals surface area contributed by atoms with Gasteiger partial charge in [-0.25, -0.2) is 0 Å². The van der Waals surface area contributed by atoms with Crippen molar-refractivity contribution in [3.05, 3.63) is 58.3 Å². The van der Waals surface area contributed by atoms with Gasteiger partial charge in [-0.2, -0.15) is 0 Å². The molecule has 2 aromatic rings. The topological polar surface area (TPSA) is 75.7 Å². The summed E-state index contributed by atoms with van der Waals surface area (Å²) in [4.78, 5) is 40.0. The first-order valence-electron chi connectivity index (χ1n) is 9.79. The normalized spacial score (nSPS) is 17.4. The molecule has 2 atom stereocenters. The highest BCUT2D eigenvalue weighted by atomic mass is 32.1. The number of thiophene rings is 1. The minimum Gasteiger partial charge on any atom is -0.469 e. The summed E-state index contributed by atoms with van der Waals surface area (Å²) in [6, 6.07) is 13.0. The fourth-order valence-electron chi connectivity index (χ4n) is 3.55. The highest BCUT2D eigenvalue weighted by Crippen LogP contribution is 2.25. The van der Waals surface area contributed by atoms with Gasteiger partial charge in [-0.15, -0.1) is 11.3 Å². The maximum absolute atomic E-state index is 12.9. The number of ether oxygens (including phenoxy) is 1. The average Bonchev–Trinajstić information content (AvgIpc) is 3.29. The molecule has 0 bridgehead atoms. The standard InChI is InChI=1S/C22H26N2O4S/c1-28-21(26)14-18(19-10-6-12-29-19)23-22(27)17-9-5-11-24(15-17)20(25)13-16-7-3-2-4-8-16/h2-4,6-8,10,12,17-18H,5,9,11,13-15H2,1H3,(H,23,27). The van der Waals surface area contributed by atoms with Crippen molar-refractivity contribution < 1.29 is 19.1 Å². The molecule has 3 rings (SSSR count). The molecule has 2 unspecified atom stereocenters. The van der Waals surface area contributed by atoms with Crippen LogP contribution in [0.1, 0.15) is 35.7 Å². The quantitative estimate of drug-likeness (QED) is 0.707. The lowest BCUT2D eigenvalue weighted by Crippen LogP contribution is -2.46. The van der Waals surface area contributed by atoms with Gasteiger partial charge in [0.15, 0.2) is 0 Å². The lowest BCUT2D eigenvalue weighted by atomic mass is 9.96. The van der Waals surface area contributed by atoms with E-state index >= 15 is 0 Å². The fraction of sp³-hybridized carbons (Fsp3) is 0.409. The molecule has 1 aromatic carbocycles. The Labute approximate surface area is 174 Å². The molecule has 1 aromatic heterocycles. The molecule has 1 N–H and O–H groups in total. The Morgan fingerprint density at radius 1 is 1.21 bits per heavy atom. The third kappa shape index (κ3) is 5.90. The van der Waals surface area contributed by atoms with E-state index in [4.69, 9.17) is 4.74 Å². The van der Waals surface area contributed by atoms with Crippen LogP contribution in [0.15, 0.2) is 47.8 Å². The summed E-state index contributed by atoms with van der Waals surface area (Å²) in [5.74, 6) is -0.724. The van der Waals surface area contributed by atoms with Crippen molar-refractivity contribution in [3.63, 3.8) is 0 Å². The summed E-state index contributed by atoms with van der Waals surface area (Å²) in [7, 11) is 1.34. The average molecular weight is 415 g/mol. The number of likely N-dealkylation sites (tertiary alicyclic amines) is 1. The summed E-state index contributed by atoms with van der Waals surface area (Å²) < 4.78 is 4.77. The van der Waals surface area contributed by atoms with Gasteiger partial charge in [0.2, 0.25) is 11.8 Å². The largest absolute Gasteiger partial charge is 0.469 e. The molecule has 2 heterocycles. The number of nitrogens with zero attached hydrogens (tertiary/aromatic N) is 1. The number of rotatable bonds is 7. The summed E-state index contributed by atoms with van der Waals surface area (Å²) >= 11 is 1.49. The maximum atomic E-state index is 12.9. The second-order valence-corrected chi connectivity index (χ2v) is 8.18. The van der Waals surface area contributed by atoms with Crippen LogP contribution in [0.2, 0.25) is 0 Å². The van der Waals surface area contributed by atoms with E-state index in [1.54, 1.807) is 4.90 Å². The Hall–Kier alpha value is -2.67. The Morgan fingerprint density at radius 2 is 2.00 bits per heavy atom. The van der Waals surface area contributed by atoms with Gasteiger partial charge >= 0.3 is 5.97 Å². The SMILES string of the molecule is COC(=O)CC(NC(=O)C1CCCN(C(=O)Cc2ccccc2)C1)c1cccs1. The third-order valence-corrected chi connectivity index (χ3v) is 6.13. The van der Waals surface area contributed by atoms with Crippen LogP contribution in [-0.2, 0) is 25.5 Å². The molecule has 29 heavy (non-hydrogen) atoms. The van der Waals surface area contributed by atoms with Crippen molar-refractivity contribution in [3.8, 4) is 0 Å². The first-order valence-corrected chi connectivity index (χ1v) is 10.7.